The lowest BCUT2D eigenvalue weighted by molar-refractivity contribution is 0.0600. The first-order valence-corrected chi connectivity index (χ1v) is 10.1. The second kappa shape index (κ2) is 9.07. The van der Waals surface area contributed by atoms with Crippen molar-refractivity contribution in [2.24, 2.45) is 0 Å². The molecule has 0 aliphatic carbocycles. The van der Waals surface area contributed by atoms with Gasteiger partial charge in [-0.3, -0.25) is 4.79 Å². The van der Waals surface area contributed by atoms with E-state index in [4.69, 9.17) is 13.9 Å². The van der Waals surface area contributed by atoms with E-state index in [0.717, 1.165) is 4.47 Å². The zero-order valence-corrected chi connectivity index (χ0v) is 18.2. The van der Waals surface area contributed by atoms with Crippen molar-refractivity contribution in [2.75, 3.05) is 7.11 Å². The fourth-order valence-corrected chi connectivity index (χ4v) is 3.15. The van der Waals surface area contributed by atoms with E-state index in [0.29, 0.717) is 16.9 Å². The number of esters is 2. The summed E-state index contributed by atoms with van der Waals surface area (Å²) in [5.41, 5.74) is 0.589. The molecule has 0 bridgehead atoms. The average molecular weight is 495 g/mol. The Balaban J connectivity index is 1.54. The van der Waals surface area contributed by atoms with Crippen molar-refractivity contribution >= 4 is 38.8 Å². The predicted octanol–water partition coefficient (Wildman–Crippen LogP) is 5.35. The van der Waals surface area contributed by atoms with Crippen LogP contribution >= 0.6 is 15.9 Å². The Hall–Kier alpha value is -3.91. The lowest BCUT2D eigenvalue weighted by atomic mass is 10.2. The van der Waals surface area contributed by atoms with Gasteiger partial charge in [-0.2, -0.15) is 0 Å². The number of rotatable bonds is 5. The molecule has 0 spiro atoms. The van der Waals surface area contributed by atoms with Gasteiger partial charge in [0.1, 0.15) is 23.3 Å². The molecule has 0 amide bonds. The van der Waals surface area contributed by atoms with Crippen LogP contribution in [0.2, 0.25) is 0 Å². The van der Waals surface area contributed by atoms with Crippen molar-refractivity contribution in [1.29, 1.82) is 0 Å². The molecule has 0 saturated carbocycles. The second-order valence-electron chi connectivity index (χ2n) is 6.60. The highest BCUT2D eigenvalue weighted by atomic mass is 79.9. The number of halogens is 1. The third-order valence-electron chi connectivity index (χ3n) is 4.51. The molecule has 0 aliphatic rings. The van der Waals surface area contributed by atoms with Crippen molar-refractivity contribution in [3.8, 4) is 17.2 Å². The molecule has 0 unspecified atom stereocenters. The first-order valence-electron chi connectivity index (χ1n) is 9.34. The van der Waals surface area contributed by atoms with Crippen LogP contribution in [0.4, 0.5) is 0 Å². The van der Waals surface area contributed by atoms with Crippen LogP contribution in [0.25, 0.3) is 11.0 Å². The van der Waals surface area contributed by atoms with Crippen LogP contribution in [0.5, 0.6) is 17.2 Å². The molecular formula is C24H15BrO7. The summed E-state index contributed by atoms with van der Waals surface area (Å²) in [5, 5.41) is 0.261. The number of carbonyl (C=O) groups excluding carboxylic acids is 2. The van der Waals surface area contributed by atoms with Gasteiger partial charge in [-0.1, -0.05) is 15.9 Å². The third-order valence-corrected chi connectivity index (χ3v) is 5.04. The summed E-state index contributed by atoms with van der Waals surface area (Å²) >= 11 is 3.31. The minimum absolute atomic E-state index is 0.0251. The maximum Gasteiger partial charge on any atom is 0.343 e. The third kappa shape index (κ3) is 4.55. The smallest absolute Gasteiger partial charge is 0.343 e. The van der Waals surface area contributed by atoms with Gasteiger partial charge in [-0.15, -0.1) is 0 Å². The second-order valence-corrected chi connectivity index (χ2v) is 7.52. The quantitative estimate of drug-likeness (QED) is 0.272. The van der Waals surface area contributed by atoms with E-state index in [1.165, 1.54) is 43.7 Å². The SMILES string of the molecule is COC(=O)c1ccc(Oc2coc3cc(OC(=O)c4ccc(Br)cc4)ccc3c2=O)cc1. The molecule has 0 N–H and O–H groups in total. The normalized spacial score (nSPS) is 10.6. The van der Waals surface area contributed by atoms with Gasteiger partial charge in [0, 0.05) is 10.5 Å². The molecular weight excluding hydrogens is 480 g/mol. The summed E-state index contributed by atoms with van der Waals surface area (Å²) in [6, 6.07) is 17.3. The first kappa shape index (κ1) is 21.3. The number of hydrogen-bond acceptors (Lipinski definition) is 7. The molecule has 8 heteroatoms. The van der Waals surface area contributed by atoms with E-state index in [1.54, 1.807) is 36.4 Å². The summed E-state index contributed by atoms with van der Waals surface area (Å²) in [6.45, 7) is 0. The van der Waals surface area contributed by atoms with Crippen molar-refractivity contribution in [2.45, 2.75) is 0 Å². The molecule has 0 aliphatic heterocycles. The van der Waals surface area contributed by atoms with Gasteiger partial charge in [0.2, 0.25) is 11.2 Å². The van der Waals surface area contributed by atoms with Crippen molar-refractivity contribution < 1.29 is 28.2 Å². The standard InChI is InChI=1S/C24H15BrO7/c1-29-23(27)14-4-8-17(9-5-14)31-21-13-30-20-12-18(10-11-19(20)22(21)26)32-24(28)15-2-6-16(25)7-3-15/h2-13H,1H3. The highest BCUT2D eigenvalue weighted by Crippen LogP contribution is 2.25. The summed E-state index contributed by atoms with van der Waals surface area (Å²) in [5.74, 6) is -0.444. The number of benzene rings is 3. The Bertz CT molecular complexity index is 1360. The van der Waals surface area contributed by atoms with E-state index in [1.807, 2.05) is 0 Å². The molecule has 1 heterocycles. The van der Waals surface area contributed by atoms with E-state index >= 15 is 0 Å². The number of fused-ring (bicyclic) bond motifs is 1. The van der Waals surface area contributed by atoms with Gasteiger partial charge in [0.25, 0.3) is 0 Å². The maximum absolute atomic E-state index is 12.8. The molecule has 3 aromatic carbocycles. The summed E-state index contributed by atoms with van der Waals surface area (Å²) < 4.78 is 22.0. The Kier molecular flexibility index (Phi) is 6.04. The van der Waals surface area contributed by atoms with E-state index in [2.05, 4.69) is 20.7 Å². The molecule has 1 aromatic heterocycles. The largest absolute Gasteiger partial charge is 0.465 e. The molecule has 0 fully saturated rings. The number of hydrogen-bond donors (Lipinski definition) is 0. The highest BCUT2D eigenvalue weighted by molar-refractivity contribution is 9.10. The van der Waals surface area contributed by atoms with Crippen LogP contribution in [-0.4, -0.2) is 19.0 Å². The van der Waals surface area contributed by atoms with Crippen molar-refractivity contribution in [3.63, 3.8) is 0 Å². The van der Waals surface area contributed by atoms with Gasteiger partial charge in [0.05, 0.1) is 23.6 Å². The van der Waals surface area contributed by atoms with Gasteiger partial charge in [-0.05, 0) is 60.7 Å². The predicted molar refractivity (Wildman–Crippen MR) is 119 cm³/mol. The van der Waals surface area contributed by atoms with Gasteiger partial charge in [-0.25, -0.2) is 9.59 Å². The summed E-state index contributed by atoms with van der Waals surface area (Å²) in [4.78, 5) is 36.6. The van der Waals surface area contributed by atoms with Crippen LogP contribution in [0.1, 0.15) is 20.7 Å². The van der Waals surface area contributed by atoms with Crippen molar-refractivity contribution in [1.82, 2.24) is 0 Å². The average Bonchev–Trinajstić information content (AvgIpc) is 2.81. The Morgan fingerprint density at radius 1 is 0.844 bits per heavy atom. The van der Waals surface area contributed by atoms with Gasteiger partial charge >= 0.3 is 11.9 Å². The lowest BCUT2D eigenvalue weighted by Crippen LogP contribution is -2.09. The molecule has 32 heavy (non-hydrogen) atoms. The molecule has 4 aromatic rings. The molecule has 160 valence electrons. The number of methoxy groups -OCH3 is 1. The van der Waals surface area contributed by atoms with E-state index < -0.39 is 17.4 Å². The van der Waals surface area contributed by atoms with Crippen LogP contribution in [0.3, 0.4) is 0 Å². The Labute approximate surface area is 190 Å². The number of carbonyl (C=O) groups is 2. The first-order chi connectivity index (χ1) is 15.4. The summed E-state index contributed by atoms with van der Waals surface area (Å²) in [7, 11) is 1.29. The lowest BCUT2D eigenvalue weighted by Gasteiger charge is -2.08. The molecule has 0 atom stereocenters. The Morgan fingerprint density at radius 3 is 2.16 bits per heavy atom. The van der Waals surface area contributed by atoms with Crippen molar-refractivity contribution in [3.05, 3.63) is 98.8 Å². The summed E-state index contributed by atoms with van der Waals surface area (Å²) in [6.07, 6.45) is 1.18. The minimum Gasteiger partial charge on any atom is -0.465 e. The molecule has 0 saturated heterocycles. The monoisotopic (exact) mass is 494 g/mol. The zero-order chi connectivity index (χ0) is 22.7. The fourth-order valence-electron chi connectivity index (χ4n) is 2.88. The maximum atomic E-state index is 12.8. The minimum atomic E-state index is -0.533. The zero-order valence-electron chi connectivity index (χ0n) is 16.7. The van der Waals surface area contributed by atoms with Crippen LogP contribution in [-0.2, 0) is 4.74 Å². The van der Waals surface area contributed by atoms with Crippen LogP contribution in [0, 0.1) is 0 Å². The van der Waals surface area contributed by atoms with Crippen LogP contribution in [0.15, 0.2) is 86.7 Å². The fraction of sp³-hybridized carbons (Fsp3) is 0.0417. The Morgan fingerprint density at radius 2 is 1.47 bits per heavy atom. The van der Waals surface area contributed by atoms with Gasteiger partial charge in [0.15, 0.2) is 0 Å². The van der Waals surface area contributed by atoms with E-state index in [-0.39, 0.29) is 22.5 Å². The highest BCUT2D eigenvalue weighted by Gasteiger charge is 2.13. The molecule has 7 nitrogen and oxygen atoms in total. The number of ether oxygens (including phenoxy) is 3. The molecule has 0 radical (unpaired) electrons. The van der Waals surface area contributed by atoms with E-state index in [9.17, 15) is 14.4 Å². The van der Waals surface area contributed by atoms with Gasteiger partial charge < -0.3 is 18.6 Å². The molecule has 4 rings (SSSR count). The van der Waals surface area contributed by atoms with Crippen LogP contribution < -0.4 is 14.9 Å². The topological polar surface area (TPSA) is 92.0 Å².